The lowest BCUT2D eigenvalue weighted by atomic mass is 9.66. The van der Waals surface area contributed by atoms with Gasteiger partial charge < -0.3 is 9.84 Å². The van der Waals surface area contributed by atoms with E-state index < -0.39 is 0 Å². The lowest BCUT2D eigenvalue weighted by molar-refractivity contribution is -0.00620. The molecule has 2 saturated carbocycles. The van der Waals surface area contributed by atoms with Crippen LogP contribution in [0.4, 0.5) is 0 Å². The lowest BCUT2D eigenvalue weighted by Gasteiger charge is -2.41. The number of phenolic OH excluding ortho intramolecular Hbond substituents is 1. The highest BCUT2D eigenvalue weighted by molar-refractivity contribution is 5.89. The number of carbonyl (C=O) groups excluding carboxylic acids is 1. The van der Waals surface area contributed by atoms with Crippen LogP contribution in [0.25, 0.3) is 0 Å². The third-order valence-electron chi connectivity index (χ3n) is 5.75. The van der Waals surface area contributed by atoms with Crippen molar-refractivity contribution < 1.29 is 14.6 Å². The van der Waals surface area contributed by atoms with Gasteiger partial charge in [-0.25, -0.2) is 4.79 Å². The zero-order chi connectivity index (χ0) is 16.2. The number of hydrogen-bond acceptors (Lipinski definition) is 3. The molecule has 1 N–H and O–H groups in total. The topological polar surface area (TPSA) is 46.5 Å². The van der Waals surface area contributed by atoms with Gasteiger partial charge in [0, 0.05) is 0 Å². The molecular weight excluding hydrogens is 288 g/mol. The van der Waals surface area contributed by atoms with Crippen LogP contribution >= 0.6 is 0 Å². The highest BCUT2D eigenvalue weighted by Gasteiger charge is 2.36. The Hall–Kier alpha value is -1.51. The van der Waals surface area contributed by atoms with Crippen LogP contribution in [0.1, 0.15) is 68.6 Å². The zero-order valence-electron chi connectivity index (χ0n) is 14.0. The maximum absolute atomic E-state index is 12.2. The van der Waals surface area contributed by atoms with Crippen molar-refractivity contribution in [3.63, 3.8) is 0 Å². The largest absolute Gasteiger partial charge is 0.508 e. The van der Waals surface area contributed by atoms with E-state index in [9.17, 15) is 9.90 Å². The van der Waals surface area contributed by atoms with E-state index in [0.29, 0.717) is 5.56 Å². The molecule has 0 aliphatic heterocycles. The van der Waals surface area contributed by atoms with E-state index in [0.717, 1.165) is 30.6 Å². The predicted octanol–water partition coefficient (Wildman–Crippen LogP) is 4.93. The molecule has 0 heterocycles. The molecule has 0 bridgehead atoms. The number of phenols is 1. The number of ether oxygens (including phenoxy) is 1. The minimum Gasteiger partial charge on any atom is -0.508 e. The second-order valence-electron chi connectivity index (χ2n) is 7.38. The second kappa shape index (κ2) is 7.37. The van der Waals surface area contributed by atoms with Crippen LogP contribution in [0.15, 0.2) is 24.3 Å². The van der Waals surface area contributed by atoms with Crippen LogP contribution in [-0.4, -0.2) is 17.2 Å². The van der Waals surface area contributed by atoms with Crippen molar-refractivity contribution in [2.75, 3.05) is 0 Å². The first kappa shape index (κ1) is 16.4. The van der Waals surface area contributed by atoms with Crippen molar-refractivity contribution in [2.24, 2.45) is 17.8 Å². The van der Waals surface area contributed by atoms with E-state index in [-0.39, 0.29) is 17.8 Å². The molecule has 126 valence electrons. The first-order valence-corrected chi connectivity index (χ1v) is 9.15. The summed E-state index contributed by atoms with van der Waals surface area (Å²) in [7, 11) is 0. The average molecular weight is 316 g/mol. The average Bonchev–Trinajstić information content (AvgIpc) is 2.56. The van der Waals surface area contributed by atoms with Crippen LogP contribution < -0.4 is 0 Å². The number of rotatable bonds is 4. The SMILES string of the molecule is CCC[C@H]1CC[C@@H]2C[C@H](OC(=O)c3ccc(O)cc3)CC[C@@H]2C1. The van der Waals surface area contributed by atoms with Crippen molar-refractivity contribution in [3.05, 3.63) is 29.8 Å². The Kier molecular flexibility index (Phi) is 5.24. The molecule has 2 aliphatic rings. The standard InChI is InChI=1S/C20H28O3/c1-2-3-14-4-5-17-13-19(11-8-16(17)12-14)23-20(22)15-6-9-18(21)10-7-15/h6-7,9-10,14,16-17,19,21H,2-5,8,11-13H2,1H3/t14-,16+,17+,19+/m0/s1. The molecule has 4 atom stereocenters. The van der Waals surface area contributed by atoms with Gasteiger partial charge in [0.1, 0.15) is 11.9 Å². The fourth-order valence-electron chi connectivity index (χ4n) is 4.54. The van der Waals surface area contributed by atoms with Crippen molar-refractivity contribution in [1.29, 1.82) is 0 Å². The van der Waals surface area contributed by atoms with Gasteiger partial charge in [-0.15, -0.1) is 0 Å². The summed E-state index contributed by atoms with van der Waals surface area (Å²) < 4.78 is 5.72. The van der Waals surface area contributed by atoms with Crippen LogP contribution in [0.3, 0.4) is 0 Å². The van der Waals surface area contributed by atoms with Gasteiger partial charge in [0.2, 0.25) is 0 Å². The Labute approximate surface area is 139 Å². The normalized spacial score (nSPS) is 30.5. The van der Waals surface area contributed by atoms with E-state index >= 15 is 0 Å². The van der Waals surface area contributed by atoms with E-state index in [1.165, 1.54) is 50.7 Å². The highest BCUT2D eigenvalue weighted by Crippen LogP contribution is 2.44. The van der Waals surface area contributed by atoms with Gasteiger partial charge in [0.15, 0.2) is 0 Å². The maximum atomic E-state index is 12.2. The van der Waals surface area contributed by atoms with Gasteiger partial charge in [-0.3, -0.25) is 0 Å². The number of carbonyl (C=O) groups is 1. The smallest absolute Gasteiger partial charge is 0.338 e. The number of fused-ring (bicyclic) bond motifs is 1. The Morgan fingerprint density at radius 2 is 1.78 bits per heavy atom. The van der Waals surface area contributed by atoms with Crippen LogP contribution in [0.2, 0.25) is 0 Å². The zero-order valence-corrected chi connectivity index (χ0v) is 14.0. The fourth-order valence-corrected chi connectivity index (χ4v) is 4.54. The van der Waals surface area contributed by atoms with Crippen LogP contribution in [0.5, 0.6) is 5.75 Å². The van der Waals surface area contributed by atoms with Crippen molar-refractivity contribution in [1.82, 2.24) is 0 Å². The van der Waals surface area contributed by atoms with Gasteiger partial charge in [-0.1, -0.05) is 26.2 Å². The molecule has 1 aromatic rings. The summed E-state index contributed by atoms with van der Waals surface area (Å²) in [6, 6.07) is 6.31. The molecule has 3 rings (SSSR count). The van der Waals surface area contributed by atoms with Gasteiger partial charge in [-0.2, -0.15) is 0 Å². The number of aromatic hydroxyl groups is 1. The van der Waals surface area contributed by atoms with E-state index in [4.69, 9.17) is 4.74 Å². The summed E-state index contributed by atoms with van der Waals surface area (Å²) in [5, 5.41) is 9.30. The summed E-state index contributed by atoms with van der Waals surface area (Å²) in [6.45, 7) is 2.28. The van der Waals surface area contributed by atoms with Gasteiger partial charge >= 0.3 is 5.97 Å². The van der Waals surface area contributed by atoms with Crippen LogP contribution in [0, 0.1) is 17.8 Å². The predicted molar refractivity (Wildman–Crippen MR) is 90.4 cm³/mol. The molecule has 0 saturated heterocycles. The molecule has 23 heavy (non-hydrogen) atoms. The maximum Gasteiger partial charge on any atom is 0.338 e. The van der Waals surface area contributed by atoms with Gasteiger partial charge in [0.25, 0.3) is 0 Å². The molecule has 0 unspecified atom stereocenters. The van der Waals surface area contributed by atoms with Crippen molar-refractivity contribution in [2.45, 2.75) is 64.4 Å². The molecule has 3 nitrogen and oxygen atoms in total. The molecule has 1 aromatic carbocycles. The Morgan fingerprint density at radius 3 is 2.52 bits per heavy atom. The number of esters is 1. The summed E-state index contributed by atoms with van der Waals surface area (Å²) in [4.78, 5) is 12.2. The second-order valence-corrected chi connectivity index (χ2v) is 7.38. The van der Waals surface area contributed by atoms with Gasteiger partial charge in [0.05, 0.1) is 5.56 Å². The molecule has 0 aromatic heterocycles. The minimum atomic E-state index is -0.256. The molecule has 3 heteroatoms. The molecule has 0 amide bonds. The first-order chi connectivity index (χ1) is 11.2. The van der Waals surface area contributed by atoms with Crippen molar-refractivity contribution >= 4 is 5.97 Å². The van der Waals surface area contributed by atoms with Crippen molar-refractivity contribution in [3.8, 4) is 5.75 Å². The highest BCUT2D eigenvalue weighted by atomic mass is 16.5. The quantitative estimate of drug-likeness (QED) is 0.801. The summed E-state index contributed by atoms with van der Waals surface area (Å²) in [6.07, 6.45) is 10.0. The van der Waals surface area contributed by atoms with Gasteiger partial charge in [-0.05, 0) is 74.1 Å². The molecule has 0 radical (unpaired) electrons. The Bertz CT molecular complexity index is 522. The lowest BCUT2D eigenvalue weighted by Crippen LogP contribution is -2.35. The monoisotopic (exact) mass is 316 g/mol. The Balaban J connectivity index is 1.52. The third-order valence-corrected chi connectivity index (χ3v) is 5.75. The number of benzene rings is 1. The van der Waals surface area contributed by atoms with E-state index in [2.05, 4.69) is 6.92 Å². The Morgan fingerprint density at radius 1 is 1.09 bits per heavy atom. The molecule has 2 aliphatic carbocycles. The van der Waals surface area contributed by atoms with E-state index in [1.54, 1.807) is 12.1 Å². The third kappa shape index (κ3) is 4.07. The minimum absolute atomic E-state index is 0.0697. The van der Waals surface area contributed by atoms with Crippen LogP contribution in [-0.2, 0) is 4.74 Å². The molecule has 0 spiro atoms. The fraction of sp³-hybridized carbons (Fsp3) is 0.650. The number of hydrogen-bond donors (Lipinski definition) is 1. The summed E-state index contributed by atoms with van der Waals surface area (Å²) in [5.74, 6) is 2.44. The summed E-state index contributed by atoms with van der Waals surface area (Å²) in [5.41, 5.74) is 0.525. The first-order valence-electron chi connectivity index (χ1n) is 9.15. The summed E-state index contributed by atoms with van der Waals surface area (Å²) >= 11 is 0. The van der Waals surface area contributed by atoms with E-state index in [1.807, 2.05) is 0 Å². The molecule has 2 fully saturated rings. The molecular formula is C20H28O3.